The van der Waals surface area contributed by atoms with Gasteiger partial charge in [-0.15, -0.1) is 0 Å². The molecule has 3 rings (SSSR count). The van der Waals surface area contributed by atoms with E-state index in [1.54, 1.807) is 6.92 Å². The molecule has 0 aromatic heterocycles. The van der Waals surface area contributed by atoms with Gasteiger partial charge in [-0.1, -0.05) is 11.6 Å². The van der Waals surface area contributed by atoms with Crippen LogP contribution in [0.2, 0.25) is 5.02 Å². The van der Waals surface area contributed by atoms with E-state index >= 15 is 0 Å². The lowest BCUT2D eigenvalue weighted by Crippen LogP contribution is -2.42. The van der Waals surface area contributed by atoms with E-state index in [0.717, 1.165) is 0 Å². The minimum absolute atomic E-state index is 0.0481. The number of aryl methyl sites for hydroxylation is 1. The van der Waals surface area contributed by atoms with Gasteiger partial charge in [0, 0.05) is 34.4 Å². The molecular formula is C23H26ClN5O7. The van der Waals surface area contributed by atoms with E-state index in [2.05, 4.69) is 26.3 Å². The van der Waals surface area contributed by atoms with Crippen molar-refractivity contribution in [1.29, 1.82) is 0 Å². The van der Waals surface area contributed by atoms with E-state index in [1.807, 2.05) is 0 Å². The Hall–Kier alpha value is -4.03. The molecule has 0 radical (unpaired) electrons. The SMILES string of the molecule is Cc1cc(Cl)cc([C@H](CC(=O)O)NC(=O)CNC(=O)c2cc(O)cc(NC3=NCC(O)CN3)c2)c1O. The number of aliphatic carboxylic acids is 1. The number of carbonyl (C=O) groups excluding carboxylic acids is 2. The number of phenols is 2. The second kappa shape index (κ2) is 11.6. The molecule has 0 aliphatic carbocycles. The smallest absolute Gasteiger partial charge is 0.305 e. The Kier molecular flexibility index (Phi) is 8.56. The van der Waals surface area contributed by atoms with Crippen molar-refractivity contribution in [3.63, 3.8) is 0 Å². The highest BCUT2D eigenvalue weighted by atomic mass is 35.5. The molecule has 192 valence electrons. The summed E-state index contributed by atoms with van der Waals surface area (Å²) in [6.45, 7) is 1.58. The molecule has 0 fully saturated rings. The minimum atomic E-state index is -1.22. The third kappa shape index (κ3) is 7.23. The summed E-state index contributed by atoms with van der Waals surface area (Å²) in [5.74, 6) is -2.63. The van der Waals surface area contributed by atoms with Crippen molar-refractivity contribution in [2.75, 3.05) is 25.0 Å². The lowest BCUT2D eigenvalue weighted by molar-refractivity contribution is -0.137. The summed E-state index contributed by atoms with van der Waals surface area (Å²) in [7, 11) is 0. The quantitative estimate of drug-likeness (QED) is 0.249. The van der Waals surface area contributed by atoms with Gasteiger partial charge in [0.2, 0.25) is 5.91 Å². The number of aromatic hydroxyl groups is 2. The number of aliphatic imine (C=N–C) groups is 1. The van der Waals surface area contributed by atoms with E-state index in [1.165, 1.54) is 30.3 Å². The van der Waals surface area contributed by atoms with Gasteiger partial charge in [-0.05, 0) is 36.8 Å². The van der Waals surface area contributed by atoms with Gasteiger partial charge in [-0.3, -0.25) is 19.4 Å². The maximum absolute atomic E-state index is 12.6. The number of amides is 2. The average molecular weight is 520 g/mol. The number of aliphatic hydroxyl groups excluding tert-OH is 1. The van der Waals surface area contributed by atoms with Crippen molar-refractivity contribution < 1.29 is 34.8 Å². The van der Waals surface area contributed by atoms with Crippen molar-refractivity contribution in [1.82, 2.24) is 16.0 Å². The maximum Gasteiger partial charge on any atom is 0.305 e. The van der Waals surface area contributed by atoms with E-state index in [0.29, 0.717) is 23.8 Å². The number of hydrogen-bond donors (Lipinski definition) is 8. The van der Waals surface area contributed by atoms with Gasteiger partial charge in [0.1, 0.15) is 11.5 Å². The molecule has 1 unspecified atom stereocenters. The number of benzene rings is 2. The van der Waals surface area contributed by atoms with Crippen LogP contribution in [0.5, 0.6) is 11.5 Å². The van der Waals surface area contributed by atoms with Crippen LogP contribution in [-0.2, 0) is 9.59 Å². The summed E-state index contributed by atoms with van der Waals surface area (Å²) in [5.41, 5.74) is 0.944. The molecular weight excluding hydrogens is 494 g/mol. The molecule has 13 heteroatoms. The summed E-state index contributed by atoms with van der Waals surface area (Å²) in [4.78, 5) is 40.5. The number of aliphatic hydroxyl groups is 1. The lowest BCUT2D eigenvalue weighted by Gasteiger charge is -2.20. The van der Waals surface area contributed by atoms with Crippen molar-refractivity contribution in [3.8, 4) is 11.5 Å². The Bertz CT molecular complexity index is 1200. The second-order valence-corrected chi connectivity index (χ2v) is 8.62. The summed E-state index contributed by atoms with van der Waals surface area (Å²) in [6, 6.07) is 5.78. The number of nitrogens with one attached hydrogen (secondary N) is 4. The van der Waals surface area contributed by atoms with Crippen LogP contribution in [0.15, 0.2) is 35.3 Å². The summed E-state index contributed by atoms with van der Waals surface area (Å²) < 4.78 is 0. The first-order chi connectivity index (χ1) is 17.0. The van der Waals surface area contributed by atoms with Gasteiger partial charge < -0.3 is 41.7 Å². The van der Waals surface area contributed by atoms with Crippen LogP contribution in [0.3, 0.4) is 0 Å². The molecule has 8 N–H and O–H groups in total. The average Bonchev–Trinajstić information content (AvgIpc) is 2.80. The van der Waals surface area contributed by atoms with E-state index in [4.69, 9.17) is 11.6 Å². The highest BCUT2D eigenvalue weighted by Gasteiger charge is 2.23. The van der Waals surface area contributed by atoms with Crippen LogP contribution in [0.25, 0.3) is 0 Å². The summed E-state index contributed by atoms with van der Waals surface area (Å²) in [6.07, 6.45) is -1.13. The lowest BCUT2D eigenvalue weighted by atomic mass is 10.00. The Morgan fingerprint density at radius 3 is 2.61 bits per heavy atom. The number of carboxylic acids is 1. The highest BCUT2D eigenvalue weighted by Crippen LogP contribution is 2.32. The molecule has 1 aliphatic rings. The molecule has 36 heavy (non-hydrogen) atoms. The number of carbonyl (C=O) groups is 3. The van der Waals surface area contributed by atoms with E-state index in [-0.39, 0.29) is 34.2 Å². The van der Waals surface area contributed by atoms with Gasteiger partial charge >= 0.3 is 5.97 Å². The van der Waals surface area contributed by atoms with Crippen LogP contribution < -0.4 is 21.3 Å². The number of hydrogen-bond acceptors (Lipinski definition) is 9. The number of guanidine groups is 1. The molecule has 0 saturated carbocycles. The topological polar surface area (TPSA) is 193 Å². The maximum atomic E-state index is 12.6. The number of nitrogens with zero attached hydrogens (tertiary/aromatic N) is 1. The monoisotopic (exact) mass is 519 g/mol. The van der Waals surface area contributed by atoms with Gasteiger partial charge in [0.15, 0.2) is 5.96 Å². The predicted molar refractivity (Wildman–Crippen MR) is 131 cm³/mol. The first-order valence-corrected chi connectivity index (χ1v) is 11.3. The van der Waals surface area contributed by atoms with Crippen molar-refractivity contribution in [2.24, 2.45) is 4.99 Å². The summed E-state index contributed by atoms with van der Waals surface area (Å²) in [5, 5.41) is 50.0. The standard InChI is InChI=1S/C23H26ClN5O7/c1-11-2-13(24)5-17(21(11)35)18(7-20(33)34)29-19(32)10-25-22(36)12-3-14(6-15(30)4-12)28-23-26-8-16(31)9-27-23/h2-6,16,18,30-31,35H,7-10H2,1H3,(H,25,36)(H,29,32)(H,33,34)(H2,26,27,28)/t18-/m0/s1. The predicted octanol–water partition coefficient (Wildman–Crippen LogP) is 0.854. The van der Waals surface area contributed by atoms with Crippen molar-refractivity contribution in [2.45, 2.75) is 25.5 Å². The Labute approximate surface area is 211 Å². The fourth-order valence-electron chi connectivity index (χ4n) is 3.51. The van der Waals surface area contributed by atoms with Gasteiger partial charge in [-0.25, -0.2) is 0 Å². The molecule has 2 aromatic carbocycles. The Morgan fingerprint density at radius 2 is 1.94 bits per heavy atom. The fourth-order valence-corrected chi connectivity index (χ4v) is 3.80. The van der Waals surface area contributed by atoms with E-state index in [9.17, 15) is 34.8 Å². The third-order valence-electron chi connectivity index (χ3n) is 5.20. The summed E-state index contributed by atoms with van der Waals surface area (Å²) >= 11 is 6.03. The van der Waals surface area contributed by atoms with Crippen LogP contribution >= 0.6 is 11.6 Å². The zero-order valence-corrected chi connectivity index (χ0v) is 20.0. The zero-order chi connectivity index (χ0) is 26.4. The van der Waals surface area contributed by atoms with Gasteiger partial charge in [0.05, 0.1) is 31.7 Å². The molecule has 1 aliphatic heterocycles. The largest absolute Gasteiger partial charge is 0.508 e. The molecule has 2 aromatic rings. The van der Waals surface area contributed by atoms with E-state index < -0.39 is 42.9 Å². The molecule has 2 amide bonds. The van der Waals surface area contributed by atoms with Crippen LogP contribution in [0.4, 0.5) is 5.69 Å². The number of halogens is 1. The van der Waals surface area contributed by atoms with Crippen molar-refractivity contribution >= 4 is 41.0 Å². The second-order valence-electron chi connectivity index (χ2n) is 8.18. The Balaban J connectivity index is 1.66. The first-order valence-electron chi connectivity index (χ1n) is 10.9. The highest BCUT2D eigenvalue weighted by molar-refractivity contribution is 6.30. The van der Waals surface area contributed by atoms with Crippen LogP contribution in [0.1, 0.15) is 33.9 Å². The molecule has 0 bridgehead atoms. The number of phenolic OH excluding ortho intramolecular Hbond substituents is 2. The third-order valence-corrected chi connectivity index (χ3v) is 5.42. The molecule has 0 saturated heterocycles. The number of carboxylic acid groups (broad SMARTS) is 1. The minimum Gasteiger partial charge on any atom is -0.508 e. The molecule has 2 atom stereocenters. The van der Waals surface area contributed by atoms with Crippen molar-refractivity contribution in [3.05, 3.63) is 52.0 Å². The zero-order valence-electron chi connectivity index (χ0n) is 19.2. The molecule has 0 spiro atoms. The van der Waals surface area contributed by atoms with Crippen LogP contribution in [0, 0.1) is 6.92 Å². The number of β-amino-alcohol motifs (C(OH)–C–C–N with tert-alkyl or cyclic N) is 1. The van der Waals surface area contributed by atoms with Crippen LogP contribution in [-0.4, -0.2) is 69.9 Å². The fraction of sp³-hybridized carbons (Fsp3) is 0.304. The van der Waals surface area contributed by atoms with Gasteiger partial charge in [0.25, 0.3) is 5.91 Å². The number of rotatable bonds is 8. The number of anilines is 1. The Morgan fingerprint density at radius 1 is 1.19 bits per heavy atom. The normalized spacial score (nSPS) is 15.8. The van der Waals surface area contributed by atoms with Gasteiger partial charge in [-0.2, -0.15) is 0 Å². The first kappa shape index (κ1) is 26.6. The molecule has 12 nitrogen and oxygen atoms in total. The molecule has 1 heterocycles.